The standard InChI is InChI=1S/C39H50N6O6/c1-6-43(21-23-13-15-44(16-14-23)31-11-7-24(20-40-31)33(47)42-37-38(2,3)22-39(37,4)5)25-17-27(18-25)51-26-8-9-28-29(19-26)36(50)45(35(28)49)30-10-12-32(46)41-34(30)48/h7-9,11,19-20,23,25,27,30,37H,6,10,12-18,21-22H2,1-5H3,(H,42,47)(H,41,46,48)/t25-,27-,30?. The number of imide groups is 2. The molecule has 0 spiro atoms. The monoisotopic (exact) mass is 698 g/mol. The highest BCUT2D eigenvalue weighted by Gasteiger charge is 2.53. The minimum atomic E-state index is -0.987. The second-order valence-electron chi connectivity index (χ2n) is 16.5. The first-order valence-electron chi connectivity index (χ1n) is 18.5. The van der Waals surface area contributed by atoms with Crippen molar-refractivity contribution in [2.75, 3.05) is 31.1 Å². The molecule has 5 aliphatic rings. The number of nitrogens with one attached hydrogen (secondary N) is 2. The predicted molar refractivity (Wildman–Crippen MR) is 190 cm³/mol. The third-order valence-corrected chi connectivity index (χ3v) is 11.9. The molecule has 4 heterocycles. The summed E-state index contributed by atoms with van der Waals surface area (Å²) in [5.41, 5.74) is 1.28. The molecule has 272 valence electrons. The number of carbonyl (C=O) groups excluding carboxylic acids is 5. The van der Waals surface area contributed by atoms with E-state index in [1.807, 2.05) is 12.1 Å². The highest BCUT2D eigenvalue weighted by atomic mass is 16.5. The molecule has 1 unspecified atom stereocenters. The van der Waals surface area contributed by atoms with Crippen molar-refractivity contribution in [2.24, 2.45) is 16.7 Å². The van der Waals surface area contributed by atoms with Gasteiger partial charge in [-0.2, -0.15) is 0 Å². The largest absolute Gasteiger partial charge is 0.490 e. The summed E-state index contributed by atoms with van der Waals surface area (Å²) in [4.78, 5) is 73.7. The number of anilines is 1. The van der Waals surface area contributed by atoms with Crippen LogP contribution in [0.5, 0.6) is 5.75 Å². The van der Waals surface area contributed by atoms with E-state index in [9.17, 15) is 24.0 Å². The molecule has 12 nitrogen and oxygen atoms in total. The van der Waals surface area contributed by atoms with E-state index >= 15 is 0 Å². The van der Waals surface area contributed by atoms with Crippen LogP contribution in [0, 0.1) is 16.7 Å². The van der Waals surface area contributed by atoms with Crippen molar-refractivity contribution >= 4 is 35.4 Å². The van der Waals surface area contributed by atoms with Gasteiger partial charge in [-0.1, -0.05) is 34.6 Å². The smallest absolute Gasteiger partial charge is 0.262 e. The summed E-state index contributed by atoms with van der Waals surface area (Å²) in [5.74, 6) is -0.0788. The number of rotatable bonds is 10. The zero-order valence-corrected chi connectivity index (χ0v) is 30.4. The molecule has 5 amide bonds. The number of aromatic nitrogens is 1. The lowest BCUT2D eigenvalue weighted by Gasteiger charge is -2.57. The minimum absolute atomic E-state index is 0.0187. The van der Waals surface area contributed by atoms with Gasteiger partial charge in [0.2, 0.25) is 11.8 Å². The molecule has 12 heteroatoms. The van der Waals surface area contributed by atoms with Gasteiger partial charge >= 0.3 is 0 Å². The summed E-state index contributed by atoms with van der Waals surface area (Å²) >= 11 is 0. The lowest BCUT2D eigenvalue weighted by atomic mass is 9.52. The first-order chi connectivity index (χ1) is 24.2. The Bertz CT molecular complexity index is 1710. The highest BCUT2D eigenvalue weighted by Crippen LogP contribution is 2.53. The number of hydrogen-bond donors (Lipinski definition) is 2. The van der Waals surface area contributed by atoms with Crippen LogP contribution in [0.3, 0.4) is 0 Å². The van der Waals surface area contributed by atoms with Gasteiger partial charge in [0.15, 0.2) is 0 Å². The number of hydrogen-bond acceptors (Lipinski definition) is 9. The molecule has 7 rings (SSSR count). The average Bonchev–Trinajstić information content (AvgIpc) is 3.32. The number of nitrogens with zero attached hydrogens (tertiary/aromatic N) is 4. The SMILES string of the molecule is CCN(CC1CCN(c2ccc(C(=O)NC3C(C)(C)CC3(C)C)cn2)CC1)[C@H]1C[C@H](Oc2ccc3c(c2)C(=O)N(C2CCC(=O)NC2=O)C3=O)C1. The number of pyridine rings is 1. The molecule has 1 atom stereocenters. The summed E-state index contributed by atoms with van der Waals surface area (Å²) < 4.78 is 6.25. The van der Waals surface area contributed by atoms with Crippen molar-refractivity contribution in [2.45, 2.75) is 104 Å². The molecule has 2 saturated heterocycles. The zero-order chi connectivity index (χ0) is 36.2. The second-order valence-corrected chi connectivity index (χ2v) is 16.5. The third kappa shape index (κ3) is 6.74. The van der Waals surface area contributed by atoms with Crippen molar-refractivity contribution in [1.29, 1.82) is 0 Å². The fraction of sp³-hybridized carbons (Fsp3) is 0.590. The van der Waals surface area contributed by atoms with E-state index in [2.05, 4.69) is 60.0 Å². The van der Waals surface area contributed by atoms with Gasteiger partial charge in [0.25, 0.3) is 17.7 Å². The van der Waals surface area contributed by atoms with E-state index in [1.165, 1.54) is 0 Å². The van der Waals surface area contributed by atoms with Crippen molar-refractivity contribution < 1.29 is 28.7 Å². The van der Waals surface area contributed by atoms with E-state index in [0.717, 1.165) is 69.0 Å². The van der Waals surface area contributed by atoms with Crippen molar-refractivity contribution in [3.8, 4) is 5.75 Å². The van der Waals surface area contributed by atoms with E-state index in [4.69, 9.17) is 4.74 Å². The molecule has 3 aliphatic heterocycles. The van der Waals surface area contributed by atoms with Gasteiger partial charge in [0.05, 0.1) is 16.7 Å². The third-order valence-electron chi connectivity index (χ3n) is 11.9. The van der Waals surface area contributed by atoms with Crippen LogP contribution >= 0.6 is 0 Å². The van der Waals surface area contributed by atoms with Gasteiger partial charge in [-0.3, -0.25) is 34.2 Å². The minimum Gasteiger partial charge on any atom is -0.490 e. The lowest BCUT2D eigenvalue weighted by Crippen LogP contribution is -2.63. The van der Waals surface area contributed by atoms with E-state index in [0.29, 0.717) is 23.3 Å². The van der Waals surface area contributed by atoms with E-state index in [1.54, 1.807) is 24.4 Å². The Kier molecular flexibility index (Phi) is 9.18. The maximum atomic E-state index is 13.2. The Morgan fingerprint density at radius 2 is 1.69 bits per heavy atom. The predicted octanol–water partition coefficient (Wildman–Crippen LogP) is 4.19. The van der Waals surface area contributed by atoms with Crippen molar-refractivity contribution in [1.82, 2.24) is 25.4 Å². The molecule has 0 bridgehead atoms. The Morgan fingerprint density at radius 1 is 0.980 bits per heavy atom. The molecule has 2 saturated carbocycles. The molecule has 2 N–H and O–H groups in total. The molecule has 1 aromatic heterocycles. The first kappa shape index (κ1) is 35.1. The van der Waals surface area contributed by atoms with Crippen LogP contribution in [0.4, 0.5) is 5.82 Å². The first-order valence-corrected chi connectivity index (χ1v) is 18.5. The topological polar surface area (TPSA) is 141 Å². The molecule has 2 aliphatic carbocycles. The maximum absolute atomic E-state index is 13.2. The highest BCUT2D eigenvalue weighted by molar-refractivity contribution is 6.23. The zero-order valence-electron chi connectivity index (χ0n) is 30.4. The lowest BCUT2D eigenvalue weighted by molar-refractivity contribution is -0.136. The Hall–Kier alpha value is -4.32. The molecule has 1 aromatic carbocycles. The van der Waals surface area contributed by atoms with Crippen molar-refractivity contribution in [3.63, 3.8) is 0 Å². The van der Waals surface area contributed by atoms with Crippen LogP contribution in [-0.4, -0.2) is 94.7 Å². The molecule has 2 aromatic rings. The number of ether oxygens (including phenoxy) is 1. The second kappa shape index (κ2) is 13.3. The molecular formula is C39H50N6O6. The van der Waals surface area contributed by atoms with Crippen LogP contribution in [-0.2, 0) is 9.59 Å². The van der Waals surface area contributed by atoms with Gasteiger partial charge in [-0.25, -0.2) is 4.98 Å². The Morgan fingerprint density at radius 3 is 2.31 bits per heavy atom. The van der Waals surface area contributed by atoms with Crippen LogP contribution < -0.4 is 20.3 Å². The van der Waals surface area contributed by atoms with E-state index < -0.39 is 29.7 Å². The Labute approximate surface area is 299 Å². The quantitative estimate of drug-likeness (QED) is 0.350. The van der Waals surface area contributed by atoms with E-state index in [-0.39, 0.29) is 52.9 Å². The number of piperidine rings is 2. The summed E-state index contributed by atoms with van der Waals surface area (Å²) in [6, 6.07) is 8.36. The van der Waals surface area contributed by atoms with Gasteiger partial charge in [0, 0.05) is 57.2 Å². The summed E-state index contributed by atoms with van der Waals surface area (Å²) in [5, 5.41) is 5.48. The van der Waals surface area contributed by atoms with Crippen LogP contribution in [0.1, 0.15) is 111 Å². The molecule has 0 radical (unpaired) electrons. The summed E-state index contributed by atoms with van der Waals surface area (Å²) in [6.07, 6.45) is 6.96. The van der Waals surface area contributed by atoms with Gasteiger partial charge < -0.3 is 19.9 Å². The number of fused-ring (bicyclic) bond motifs is 1. The summed E-state index contributed by atoms with van der Waals surface area (Å²) in [7, 11) is 0. The molecular weight excluding hydrogens is 648 g/mol. The fourth-order valence-corrected chi connectivity index (χ4v) is 9.48. The maximum Gasteiger partial charge on any atom is 0.262 e. The Balaban J connectivity index is 0.863. The fourth-order valence-electron chi connectivity index (χ4n) is 9.48. The van der Waals surface area contributed by atoms with Crippen LogP contribution in [0.2, 0.25) is 0 Å². The van der Waals surface area contributed by atoms with Crippen LogP contribution in [0.25, 0.3) is 0 Å². The summed E-state index contributed by atoms with van der Waals surface area (Å²) in [6.45, 7) is 14.9. The van der Waals surface area contributed by atoms with Crippen LogP contribution in [0.15, 0.2) is 36.5 Å². The molecule has 4 fully saturated rings. The van der Waals surface area contributed by atoms with Gasteiger partial charge in [-0.15, -0.1) is 0 Å². The average molecular weight is 699 g/mol. The van der Waals surface area contributed by atoms with Gasteiger partial charge in [0.1, 0.15) is 23.7 Å². The number of benzene rings is 1. The number of carbonyl (C=O) groups is 5. The van der Waals surface area contributed by atoms with Gasteiger partial charge in [-0.05, 0) is 79.3 Å². The molecule has 51 heavy (non-hydrogen) atoms. The normalized spacial score (nSPS) is 26.0. The van der Waals surface area contributed by atoms with Crippen molar-refractivity contribution in [3.05, 3.63) is 53.2 Å². The number of amides is 5.